The van der Waals surface area contributed by atoms with Crippen molar-refractivity contribution in [3.8, 4) is 17.1 Å². The summed E-state index contributed by atoms with van der Waals surface area (Å²) in [5, 5.41) is 3.02. The van der Waals surface area contributed by atoms with Crippen LogP contribution in [0.1, 0.15) is 13.8 Å². The number of carbonyl (C=O) groups is 1. The Kier molecular flexibility index (Phi) is 5.16. The fourth-order valence-corrected chi connectivity index (χ4v) is 1.99. The summed E-state index contributed by atoms with van der Waals surface area (Å²) in [6, 6.07) is 8.62. The van der Waals surface area contributed by atoms with Gasteiger partial charge in [-0.3, -0.25) is 4.79 Å². The summed E-state index contributed by atoms with van der Waals surface area (Å²) < 4.78 is 5.46. The molecule has 3 N–H and O–H groups in total. The lowest BCUT2D eigenvalue weighted by molar-refractivity contribution is -0.123. The van der Waals surface area contributed by atoms with E-state index in [1.54, 1.807) is 18.2 Å². The standard InChI is InChI=1S/C15H17ClN4O2/c1-9(2)18-14(21)8-22-11-5-3-4-10(6-11)15-19-12(16)7-13(17)20-15/h3-7,9H,8H2,1-2H3,(H,18,21)(H2,17,19,20). The third-order valence-electron chi connectivity index (χ3n) is 2.63. The fraction of sp³-hybridized carbons (Fsp3) is 0.267. The molecular weight excluding hydrogens is 304 g/mol. The third kappa shape index (κ3) is 4.60. The van der Waals surface area contributed by atoms with Gasteiger partial charge in [-0.25, -0.2) is 9.97 Å². The van der Waals surface area contributed by atoms with Gasteiger partial charge in [-0.2, -0.15) is 0 Å². The molecule has 6 nitrogen and oxygen atoms in total. The van der Waals surface area contributed by atoms with Gasteiger partial charge >= 0.3 is 0 Å². The lowest BCUT2D eigenvalue weighted by Crippen LogP contribution is -2.34. The smallest absolute Gasteiger partial charge is 0.258 e. The Labute approximate surface area is 133 Å². The Morgan fingerprint density at radius 2 is 2.14 bits per heavy atom. The van der Waals surface area contributed by atoms with Crippen molar-refractivity contribution in [3.63, 3.8) is 0 Å². The van der Waals surface area contributed by atoms with E-state index in [1.165, 1.54) is 6.07 Å². The van der Waals surface area contributed by atoms with Crippen LogP contribution < -0.4 is 15.8 Å². The molecule has 0 bridgehead atoms. The zero-order valence-electron chi connectivity index (χ0n) is 12.3. The number of hydrogen-bond donors (Lipinski definition) is 2. The zero-order valence-corrected chi connectivity index (χ0v) is 13.1. The van der Waals surface area contributed by atoms with Gasteiger partial charge in [0.25, 0.3) is 5.91 Å². The number of ether oxygens (including phenoxy) is 1. The van der Waals surface area contributed by atoms with Crippen molar-refractivity contribution in [2.24, 2.45) is 0 Å². The minimum Gasteiger partial charge on any atom is -0.484 e. The van der Waals surface area contributed by atoms with Gasteiger partial charge < -0.3 is 15.8 Å². The van der Waals surface area contributed by atoms with E-state index >= 15 is 0 Å². The molecule has 1 aromatic heterocycles. The topological polar surface area (TPSA) is 90.1 Å². The Bertz CT molecular complexity index is 656. The Morgan fingerprint density at radius 3 is 2.82 bits per heavy atom. The van der Waals surface area contributed by atoms with Crippen molar-refractivity contribution >= 4 is 23.3 Å². The Balaban J connectivity index is 2.11. The van der Waals surface area contributed by atoms with E-state index in [9.17, 15) is 4.79 Å². The van der Waals surface area contributed by atoms with E-state index in [1.807, 2.05) is 19.9 Å². The van der Waals surface area contributed by atoms with Gasteiger partial charge in [0.2, 0.25) is 0 Å². The number of nitrogens with zero attached hydrogens (tertiary/aromatic N) is 2. The van der Waals surface area contributed by atoms with E-state index in [-0.39, 0.29) is 29.5 Å². The lowest BCUT2D eigenvalue weighted by Gasteiger charge is -2.10. The molecule has 0 saturated carbocycles. The number of nitrogens with one attached hydrogen (secondary N) is 1. The van der Waals surface area contributed by atoms with Crippen LogP contribution in [0.2, 0.25) is 5.15 Å². The molecule has 116 valence electrons. The zero-order chi connectivity index (χ0) is 16.1. The van der Waals surface area contributed by atoms with Gasteiger partial charge in [0.15, 0.2) is 12.4 Å². The van der Waals surface area contributed by atoms with Crippen molar-refractivity contribution in [1.82, 2.24) is 15.3 Å². The molecule has 0 aliphatic carbocycles. The predicted molar refractivity (Wildman–Crippen MR) is 85.7 cm³/mol. The van der Waals surface area contributed by atoms with Gasteiger partial charge in [-0.15, -0.1) is 0 Å². The molecule has 7 heteroatoms. The number of halogens is 1. The molecule has 2 rings (SSSR count). The molecule has 1 amide bonds. The average Bonchev–Trinajstić information content (AvgIpc) is 2.44. The van der Waals surface area contributed by atoms with Crippen LogP contribution in [-0.4, -0.2) is 28.5 Å². The molecule has 1 aromatic carbocycles. The highest BCUT2D eigenvalue weighted by molar-refractivity contribution is 6.29. The first-order chi connectivity index (χ1) is 10.4. The van der Waals surface area contributed by atoms with Crippen LogP contribution in [0.4, 0.5) is 5.82 Å². The van der Waals surface area contributed by atoms with E-state index in [0.29, 0.717) is 17.1 Å². The summed E-state index contributed by atoms with van der Waals surface area (Å²) in [4.78, 5) is 19.8. The number of amides is 1. The molecule has 1 heterocycles. The highest BCUT2D eigenvalue weighted by atomic mass is 35.5. The quantitative estimate of drug-likeness (QED) is 0.825. The monoisotopic (exact) mass is 320 g/mol. The molecule has 0 atom stereocenters. The van der Waals surface area contributed by atoms with Gasteiger partial charge in [0.1, 0.15) is 16.7 Å². The SMILES string of the molecule is CC(C)NC(=O)COc1cccc(-c2nc(N)cc(Cl)n2)c1. The fourth-order valence-electron chi connectivity index (χ4n) is 1.80. The number of hydrogen-bond acceptors (Lipinski definition) is 5. The Morgan fingerprint density at radius 1 is 1.36 bits per heavy atom. The molecule has 0 unspecified atom stereocenters. The van der Waals surface area contributed by atoms with Gasteiger partial charge in [-0.05, 0) is 26.0 Å². The third-order valence-corrected chi connectivity index (χ3v) is 2.82. The average molecular weight is 321 g/mol. The minimum atomic E-state index is -0.177. The number of benzene rings is 1. The summed E-state index contributed by atoms with van der Waals surface area (Å²) >= 11 is 5.88. The molecule has 0 fully saturated rings. The van der Waals surface area contributed by atoms with E-state index in [4.69, 9.17) is 22.1 Å². The van der Waals surface area contributed by atoms with E-state index in [0.717, 1.165) is 0 Å². The summed E-state index contributed by atoms with van der Waals surface area (Å²) in [5.41, 5.74) is 6.36. The maximum Gasteiger partial charge on any atom is 0.258 e. The Hall–Kier alpha value is -2.34. The van der Waals surface area contributed by atoms with Crippen molar-refractivity contribution in [1.29, 1.82) is 0 Å². The van der Waals surface area contributed by atoms with Crippen LogP contribution in [-0.2, 0) is 4.79 Å². The number of carbonyl (C=O) groups excluding carboxylic acids is 1. The second-order valence-corrected chi connectivity index (χ2v) is 5.37. The maximum absolute atomic E-state index is 11.6. The van der Waals surface area contributed by atoms with Gasteiger partial charge in [0, 0.05) is 17.7 Å². The van der Waals surface area contributed by atoms with Crippen molar-refractivity contribution < 1.29 is 9.53 Å². The summed E-state index contributed by atoms with van der Waals surface area (Å²) in [5.74, 6) is 1.06. The molecular formula is C15H17ClN4O2. The molecule has 0 saturated heterocycles. The predicted octanol–water partition coefficient (Wildman–Crippen LogP) is 2.28. The molecule has 0 spiro atoms. The highest BCUT2D eigenvalue weighted by Gasteiger charge is 2.08. The number of nitrogen functional groups attached to an aromatic ring is 1. The second kappa shape index (κ2) is 7.09. The van der Waals surface area contributed by atoms with Crippen molar-refractivity contribution in [3.05, 3.63) is 35.5 Å². The first kappa shape index (κ1) is 16.0. The number of aromatic nitrogens is 2. The first-order valence-corrected chi connectivity index (χ1v) is 7.14. The van der Waals surface area contributed by atoms with E-state index < -0.39 is 0 Å². The largest absolute Gasteiger partial charge is 0.484 e. The van der Waals surface area contributed by atoms with E-state index in [2.05, 4.69) is 15.3 Å². The molecule has 2 aromatic rings. The minimum absolute atomic E-state index is 0.0554. The van der Waals surface area contributed by atoms with Crippen LogP contribution in [0.5, 0.6) is 5.75 Å². The van der Waals surface area contributed by atoms with Gasteiger partial charge in [0.05, 0.1) is 0 Å². The first-order valence-electron chi connectivity index (χ1n) is 6.76. The van der Waals surface area contributed by atoms with Crippen LogP contribution in [0.15, 0.2) is 30.3 Å². The number of nitrogens with two attached hydrogens (primary N) is 1. The highest BCUT2D eigenvalue weighted by Crippen LogP contribution is 2.23. The normalized spacial score (nSPS) is 10.5. The second-order valence-electron chi connectivity index (χ2n) is 4.98. The number of rotatable bonds is 5. The van der Waals surface area contributed by atoms with Crippen LogP contribution in [0, 0.1) is 0 Å². The van der Waals surface area contributed by atoms with Crippen molar-refractivity contribution in [2.45, 2.75) is 19.9 Å². The van der Waals surface area contributed by atoms with Gasteiger partial charge in [-0.1, -0.05) is 23.7 Å². The van der Waals surface area contributed by atoms with Crippen LogP contribution in [0.25, 0.3) is 11.4 Å². The molecule has 0 aliphatic rings. The van der Waals surface area contributed by atoms with Crippen LogP contribution >= 0.6 is 11.6 Å². The molecule has 0 radical (unpaired) electrons. The molecule has 22 heavy (non-hydrogen) atoms. The summed E-state index contributed by atoms with van der Waals surface area (Å²) in [6.45, 7) is 3.72. The summed E-state index contributed by atoms with van der Waals surface area (Å²) in [6.07, 6.45) is 0. The molecule has 0 aliphatic heterocycles. The maximum atomic E-state index is 11.6. The van der Waals surface area contributed by atoms with Crippen LogP contribution in [0.3, 0.4) is 0 Å². The lowest BCUT2D eigenvalue weighted by atomic mass is 10.2. The summed E-state index contributed by atoms with van der Waals surface area (Å²) in [7, 11) is 0. The number of anilines is 1. The van der Waals surface area contributed by atoms with Crippen molar-refractivity contribution in [2.75, 3.05) is 12.3 Å².